The van der Waals surface area contributed by atoms with E-state index in [0.29, 0.717) is 6.04 Å². The lowest BCUT2D eigenvalue weighted by Gasteiger charge is -2.43. The smallest absolute Gasteiger partial charge is 0.144 e. The quantitative estimate of drug-likeness (QED) is 0.858. The van der Waals surface area contributed by atoms with Crippen LogP contribution in [-0.4, -0.2) is 19.7 Å². The maximum absolute atomic E-state index is 5.47. The second-order valence-electron chi connectivity index (χ2n) is 5.49. The summed E-state index contributed by atoms with van der Waals surface area (Å²) in [7, 11) is 1.73. The zero-order valence-corrected chi connectivity index (χ0v) is 11.6. The van der Waals surface area contributed by atoms with E-state index in [4.69, 9.17) is 4.74 Å². The molecule has 0 saturated heterocycles. The van der Waals surface area contributed by atoms with Gasteiger partial charge >= 0.3 is 0 Å². The van der Waals surface area contributed by atoms with Gasteiger partial charge in [0.05, 0.1) is 18.8 Å². The Balaban J connectivity index is 1.78. The molecule has 102 valence electrons. The largest absolute Gasteiger partial charge is 0.495 e. The predicted octanol–water partition coefficient (Wildman–Crippen LogP) is 3.05. The minimum absolute atomic E-state index is 0.532. The first kappa shape index (κ1) is 11.6. The van der Waals surface area contributed by atoms with Crippen molar-refractivity contribution in [3.05, 3.63) is 53.6 Å². The van der Waals surface area contributed by atoms with Crippen LogP contribution in [0.15, 0.2) is 42.5 Å². The van der Waals surface area contributed by atoms with Crippen molar-refractivity contribution in [3.8, 4) is 5.75 Å². The molecular formula is C17H18N2O. The van der Waals surface area contributed by atoms with Gasteiger partial charge in [-0.05, 0) is 29.7 Å². The maximum atomic E-state index is 5.47. The highest BCUT2D eigenvalue weighted by molar-refractivity contribution is 5.79. The number of nitrogens with one attached hydrogen (secondary N) is 1. The Morgan fingerprint density at radius 3 is 2.80 bits per heavy atom. The van der Waals surface area contributed by atoms with Gasteiger partial charge in [0, 0.05) is 13.1 Å². The molecule has 0 bridgehead atoms. The highest BCUT2D eigenvalue weighted by Gasteiger charge is 2.31. The Labute approximate surface area is 119 Å². The number of hydrogen-bond acceptors (Lipinski definition) is 3. The van der Waals surface area contributed by atoms with E-state index in [1.54, 1.807) is 7.11 Å². The van der Waals surface area contributed by atoms with E-state index in [-0.39, 0.29) is 0 Å². The van der Waals surface area contributed by atoms with Crippen molar-refractivity contribution < 1.29 is 4.74 Å². The van der Waals surface area contributed by atoms with Gasteiger partial charge in [0.1, 0.15) is 11.4 Å². The van der Waals surface area contributed by atoms with Gasteiger partial charge in [-0.2, -0.15) is 0 Å². The molecule has 1 N–H and O–H groups in total. The first-order chi connectivity index (χ1) is 9.86. The summed E-state index contributed by atoms with van der Waals surface area (Å²) in [5.41, 5.74) is 5.32. The summed E-state index contributed by atoms with van der Waals surface area (Å²) in [6, 6.07) is 15.6. The molecule has 0 aliphatic carbocycles. The Kier molecular flexibility index (Phi) is 2.59. The van der Waals surface area contributed by atoms with Crippen molar-refractivity contribution in [2.45, 2.75) is 19.0 Å². The van der Waals surface area contributed by atoms with E-state index >= 15 is 0 Å². The lowest BCUT2D eigenvalue weighted by Crippen LogP contribution is -2.47. The van der Waals surface area contributed by atoms with Crippen molar-refractivity contribution >= 4 is 11.4 Å². The summed E-state index contributed by atoms with van der Waals surface area (Å²) in [6.45, 7) is 1.96. The van der Waals surface area contributed by atoms with E-state index in [1.807, 2.05) is 6.07 Å². The van der Waals surface area contributed by atoms with E-state index in [1.165, 1.54) is 16.8 Å². The Morgan fingerprint density at radius 2 is 1.95 bits per heavy atom. The highest BCUT2D eigenvalue weighted by Crippen LogP contribution is 2.41. The molecule has 0 fully saturated rings. The van der Waals surface area contributed by atoms with Crippen LogP contribution in [0.2, 0.25) is 0 Å². The van der Waals surface area contributed by atoms with Gasteiger partial charge in [0.15, 0.2) is 0 Å². The first-order valence-electron chi connectivity index (χ1n) is 7.11. The summed E-state index contributed by atoms with van der Waals surface area (Å²) < 4.78 is 5.47. The number of methoxy groups -OCH3 is 1. The van der Waals surface area contributed by atoms with Crippen LogP contribution in [0.1, 0.15) is 11.1 Å². The molecular weight excluding hydrogens is 248 g/mol. The molecule has 2 heterocycles. The van der Waals surface area contributed by atoms with Gasteiger partial charge in [0.25, 0.3) is 0 Å². The summed E-state index contributed by atoms with van der Waals surface area (Å²) in [5, 5.41) is 3.55. The minimum Gasteiger partial charge on any atom is -0.495 e. The normalized spacial score (nSPS) is 19.4. The van der Waals surface area contributed by atoms with Gasteiger partial charge in [-0.25, -0.2) is 0 Å². The summed E-state index contributed by atoms with van der Waals surface area (Å²) in [6.07, 6.45) is 1.11. The van der Waals surface area contributed by atoms with Crippen molar-refractivity contribution in [2.24, 2.45) is 0 Å². The standard InChI is InChI=1S/C17H18N2O/c1-20-16-8-4-7-15-17(16)18-10-14-9-12-5-2-3-6-13(12)11-19(14)15/h2-8,14,18H,9-11H2,1H3. The van der Waals surface area contributed by atoms with Gasteiger partial charge in [-0.3, -0.25) is 0 Å². The number of benzene rings is 2. The SMILES string of the molecule is COc1cccc2c1NCC1Cc3ccccc3CN21. The average molecular weight is 266 g/mol. The Morgan fingerprint density at radius 1 is 1.10 bits per heavy atom. The molecule has 4 rings (SSSR count). The number of ether oxygens (including phenoxy) is 1. The molecule has 3 heteroatoms. The third-order valence-corrected chi connectivity index (χ3v) is 4.40. The average Bonchev–Trinajstić information content (AvgIpc) is 2.52. The monoisotopic (exact) mass is 266 g/mol. The fourth-order valence-electron chi connectivity index (χ4n) is 3.38. The van der Waals surface area contributed by atoms with Gasteiger partial charge in [0.2, 0.25) is 0 Å². The van der Waals surface area contributed by atoms with Gasteiger partial charge < -0.3 is 15.0 Å². The third kappa shape index (κ3) is 1.66. The van der Waals surface area contributed by atoms with Gasteiger partial charge in [-0.1, -0.05) is 30.3 Å². The number of rotatable bonds is 1. The molecule has 0 aromatic heterocycles. The molecule has 2 aliphatic rings. The molecule has 2 aromatic carbocycles. The van der Waals surface area contributed by atoms with Crippen molar-refractivity contribution in [2.75, 3.05) is 23.9 Å². The van der Waals surface area contributed by atoms with Crippen LogP contribution < -0.4 is 15.0 Å². The summed E-state index contributed by atoms with van der Waals surface area (Å²) in [5.74, 6) is 0.930. The Bertz CT molecular complexity index is 653. The van der Waals surface area contributed by atoms with Crippen LogP contribution in [0.5, 0.6) is 5.75 Å². The van der Waals surface area contributed by atoms with Crippen molar-refractivity contribution in [1.82, 2.24) is 0 Å². The first-order valence-corrected chi connectivity index (χ1v) is 7.11. The predicted molar refractivity (Wildman–Crippen MR) is 81.6 cm³/mol. The van der Waals surface area contributed by atoms with Crippen molar-refractivity contribution in [1.29, 1.82) is 0 Å². The number of anilines is 2. The Hall–Kier alpha value is -2.16. The highest BCUT2D eigenvalue weighted by atomic mass is 16.5. The van der Waals surface area contributed by atoms with Gasteiger partial charge in [-0.15, -0.1) is 0 Å². The summed E-state index contributed by atoms with van der Waals surface area (Å²) in [4.78, 5) is 2.51. The zero-order valence-electron chi connectivity index (χ0n) is 11.6. The zero-order chi connectivity index (χ0) is 13.5. The molecule has 0 spiro atoms. The van der Waals surface area contributed by atoms with Crippen LogP contribution in [-0.2, 0) is 13.0 Å². The second kappa shape index (κ2) is 4.44. The number of nitrogens with zero attached hydrogens (tertiary/aromatic N) is 1. The topological polar surface area (TPSA) is 24.5 Å². The second-order valence-corrected chi connectivity index (χ2v) is 5.49. The molecule has 3 nitrogen and oxygen atoms in total. The molecule has 2 aliphatic heterocycles. The van der Waals surface area contributed by atoms with Crippen LogP contribution in [0.3, 0.4) is 0 Å². The van der Waals surface area contributed by atoms with Crippen LogP contribution in [0, 0.1) is 0 Å². The lowest BCUT2D eigenvalue weighted by molar-refractivity contribution is 0.414. The van der Waals surface area contributed by atoms with E-state index in [2.05, 4.69) is 46.6 Å². The van der Waals surface area contributed by atoms with Crippen LogP contribution in [0.4, 0.5) is 11.4 Å². The number of para-hydroxylation sites is 1. The minimum atomic E-state index is 0.532. The molecule has 1 unspecified atom stereocenters. The third-order valence-electron chi connectivity index (χ3n) is 4.40. The van der Waals surface area contributed by atoms with E-state index < -0.39 is 0 Å². The molecule has 0 radical (unpaired) electrons. The summed E-state index contributed by atoms with van der Waals surface area (Å²) >= 11 is 0. The number of fused-ring (bicyclic) bond motifs is 4. The maximum Gasteiger partial charge on any atom is 0.144 e. The fourth-order valence-corrected chi connectivity index (χ4v) is 3.38. The molecule has 20 heavy (non-hydrogen) atoms. The van der Waals surface area contributed by atoms with E-state index in [0.717, 1.165) is 30.9 Å². The molecule has 2 aromatic rings. The van der Waals surface area contributed by atoms with E-state index in [9.17, 15) is 0 Å². The van der Waals surface area contributed by atoms with Crippen molar-refractivity contribution in [3.63, 3.8) is 0 Å². The van der Waals surface area contributed by atoms with Crippen LogP contribution >= 0.6 is 0 Å². The lowest BCUT2D eigenvalue weighted by atomic mass is 9.91. The number of hydrogen-bond donors (Lipinski definition) is 1. The molecule has 0 saturated carbocycles. The van der Waals surface area contributed by atoms with Crippen LogP contribution in [0.25, 0.3) is 0 Å². The molecule has 1 atom stereocenters. The molecule has 0 amide bonds. The fraction of sp³-hybridized carbons (Fsp3) is 0.294.